The summed E-state index contributed by atoms with van der Waals surface area (Å²) in [6, 6.07) is 0.295. The van der Waals surface area contributed by atoms with Crippen molar-refractivity contribution in [2.24, 2.45) is 10.8 Å². The Bertz CT molecular complexity index is 379. The second-order valence-electron chi connectivity index (χ2n) is 7.01. The van der Waals surface area contributed by atoms with Gasteiger partial charge in [0.15, 0.2) is 0 Å². The molecule has 1 heterocycles. The molecule has 0 spiro atoms. The smallest absolute Gasteiger partial charge is 0.249 e. The Labute approximate surface area is 112 Å². The minimum absolute atomic E-state index is 0.0800. The van der Waals surface area contributed by atoms with Crippen molar-refractivity contribution in [2.45, 2.75) is 57.4 Å². The molecule has 1 saturated heterocycles. The molecule has 108 valence electrons. The summed E-state index contributed by atoms with van der Waals surface area (Å²) in [6.07, 6.45) is 3.76. The normalized spacial score (nSPS) is 38.6. The molecule has 3 nitrogen and oxygen atoms in total. The number of hydrogen-bond donors (Lipinski definition) is 2. The van der Waals surface area contributed by atoms with Crippen LogP contribution in [0.2, 0.25) is 0 Å². The first-order chi connectivity index (χ1) is 8.85. The lowest BCUT2D eigenvalue weighted by Crippen LogP contribution is -2.53. The second kappa shape index (κ2) is 4.14. The maximum absolute atomic E-state index is 12.9. The highest BCUT2D eigenvalue weighted by Gasteiger charge is 2.55. The first-order valence-corrected chi connectivity index (χ1v) is 7.25. The van der Waals surface area contributed by atoms with Crippen LogP contribution in [0, 0.1) is 10.8 Å². The van der Waals surface area contributed by atoms with Gasteiger partial charge in [0.25, 0.3) is 0 Å². The standard InChI is InChI=1S/C14H22F2N2O/c1-12(7-14(15,16)8-12)9-18-11(19)13-4-2-3-10(13)17-6-5-13/h10,17H,2-9H2,1H3,(H,18,19)/t10-,13+/m1/s1. The van der Waals surface area contributed by atoms with E-state index in [1.807, 2.05) is 6.92 Å². The molecule has 3 fully saturated rings. The summed E-state index contributed by atoms with van der Waals surface area (Å²) in [4.78, 5) is 12.5. The van der Waals surface area contributed by atoms with Gasteiger partial charge in [-0.15, -0.1) is 0 Å². The molecule has 0 aromatic carbocycles. The summed E-state index contributed by atoms with van der Waals surface area (Å²) >= 11 is 0. The van der Waals surface area contributed by atoms with Gasteiger partial charge in [-0.1, -0.05) is 13.3 Å². The van der Waals surface area contributed by atoms with Crippen LogP contribution in [-0.4, -0.2) is 31.0 Å². The van der Waals surface area contributed by atoms with Crippen molar-refractivity contribution in [2.75, 3.05) is 13.1 Å². The Morgan fingerprint density at radius 1 is 1.37 bits per heavy atom. The largest absolute Gasteiger partial charge is 0.355 e. The minimum atomic E-state index is -2.53. The van der Waals surface area contributed by atoms with E-state index in [1.54, 1.807) is 0 Å². The quantitative estimate of drug-likeness (QED) is 0.826. The molecule has 2 aliphatic carbocycles. The van der Waals surface area contributed by atoms with E-state index in [-0.39, 0.29) is 24.2 Å². The van der Waals surface area contributed by atoms with E-state index >= 15 is 0 Å². The van der Waals surface area contributed by atoms with E-state index in [0.717, 1.165) is 32.2 Å². The average Bonchev–Trinajstić information content (AvgIpc) is 2.82. The third-order valence-electron chi connectivity index (χ3n) is 5.24. The number of carbonyl (C=O) groups excluding carboxylic acids is 1. The predicted molar refractivity (Wildman–Crippen MR) is 68.0 cm³/mol. The third kappa shape index (κ3) is 2.16. The fourth-order valence-electron chi connectivity index (χ4n) is 4.32. The molecule has 0 bridgehead atoms. The highest BCUT2D eigenvalue weighted by Crippen LogP contribution is 2.51. The Morgan fingerprint density at radius 2 is 2.11 bits per heavy atom. The Kier molecular flexibility index (Phi) is 2.89. The fraction of sp³-hybridized carbons (Fsp3) is 0.929. The van der Waals surface area contributed by atoms with Gasteiger partial charge < -0.3 is 10.6 Å². The van der Waals surface area contributed by atoms with E-state index in [9.17, 15) is 13.6 Å². The zero-order valence-corrected chi connectivity index (χ0v) is 11.4. The molecule has 0 aromatic heterocycles. The minimum Gasteiger partial charge on any atom is -0.355 e. The van der Waals surface area contributed by atoms with Gasteiger partial charge in [0.05, 0.1) is 5.41 Å². The zero-order valence-electron chi connectivity index (χ0n) is 11.4. The van der Waals surface area contributed by atoms with Crippen LogP contribution in [-0.2, 0) is 4.79 Å². The van der Waals surface area contributed by atoms with Crippen molar-refractivity contribution in [1.82, 2.24) is 10.6 Å². The Morgan fingerprint density at radius 3 is 2.79 bits per heavy atom. The van der Waals surface area contributed by atoms with Gasteiger partial charge in [-0.25, -0.2) is 8.78 Å². The molecule has 5 heteroatoms. The third-order valence-corrected chi connectivity index (χ3v) is 5.24. The lowest BCUT2D eigenvalue weighted by Gasteiger charge is -2.45. The van der Waals surface area contributed by atoms with Crippen LogP contribution in [0.25, 0.3) is 0 Å². The van der Waals surface area contributed by atoms with Crippen molar-refractivity contribution >= 4 is 5.91 Å². The summed E-state index contributed by atoms with van der Waals surface area (Å²) in [6.45, 7) is 3.12. The van der Waals surface area contributed by atoms with Gasteiger partial charge in [0, 0.05) is 25.4 Å². The molecule has 1 amide bonds. The summed E-state index contributed by atoms with van der Waals surface area (Å²) in [5, 5.41) is 6.35. The van der Waals surface area contributed by atoms with Gasteiger partial charge in [-0.3, -0.25) is 4.79 Å². The van der Waals surface area contributed by atoms with Crippen molar-refractivity contribution in [1.29, 1.82) is 0 Å². The van der Waals surface area contributed by atoms with Crippen molar-refractivity contribution in [3.05, 3.63) is 0 Å². The topological polar surface area (TPSA) is 41.1 Å². The number of halogens is 2. The van der Waals surface area contributed by atoms with Crippen LogP contribution < -0.4 is 10.6 Å². The van der Waals surface area contributed by atoms with Crippen LogP contribution >= 0.6 is 0 Å². The molecule has 3 rings (SSSR count). The monoisotopic (exact) mass is 272 g/mol. The summed E-state index contributed by atoms with van der Waals surface area (Å²) in [5.74, 6) is -2.45. The zero-order chi connectivity index (χ0) is 13.7. The lowest BCUT2D eigenvalue weighted by atomic mass is 9.67. The first-order valence-electron chi connectivity index (χ1n) is 7.25. The average molecular weight is 272 g/mol. The summed E-state index contributed by atoms with van der Waals surface area (Å²) < 4.78 is 25.9. The molecule has 0 radical (unpaired) electrons. The maximum atomic E-state index is 12.9. The number of amides is 1. The number of carbonyl (C=O) groups is 1. The predicted octanol–water partition coefficient (Wildman–Crippen LogP) is 2.07. The number of fused-ring (bicyclic) bond motifs is 1. The van der Waals surface area contributed by atoms with Crippen LogP contribution in [0.5, 0.6) is 0 Å². The highest BCUT2D eigenvalue weighted by molar-refractivity contribution is 5.84. The van der Waals surface area contributed by atoms with Crippen molar-refractivity contribution < 1.29 is 13.6 Å². The Balaban J connectivity index is 1.57. The lowest BCUT2D eigenvalue weighted by molar-refractivity contribution is -0.156. The van der Waals surface area contributed by atoms with E-state index in [1.165, 1.54) is 0 Å². The van der Waals surface area contributed by atoms with Gasteiger partial charge in [-0.05, 0) is 31.2 Å². The van der Waals surface area contributed by atoms with E-state index in [0.29, 0.717) is 12.6 Å². The SMILES string of the molecule is CC1(CNC(=O)[C@]23CCC[C@H]2NCC3)CC(F)(F)C1. The molecule has 19 heavy (non-hydrogen) atoms. The van der Waals surface area contributed by atoms with Crippen LogP contribution in [0.4, 0.5) is 8.78 Å². The van der Waals surface area contributed by atoms with Crippen molar-refractivity contribution in [3.8, 4) is 0 Å². The van der Waals surface area contributed by atoms with Crippen LogP contribution in [0.1, 0.15) is 45.4 Å². The maximum Gasteiger partial charge on any atom is 0.249 e. The molecule has 2 saturated carbocycles. The van der Waals surface area contributed by atoms with E-state index < -0.39 is 11.3 Å². The van der Waals surface area contributed by atoms with E-state index in [4.69, 9.17) is 0 Å². The molecule has 0 aromatic rings. The fourth-order valence-corrected chi connectivity index (χ4v) is 4.32. The molecular weight excluding hydrogens is 250 g/mol. The summed E-state index contributed by atoms with van der Waals surface area (Å²) in [7, 11) is 0. The molecule has 1 aliphatic heterocycles. The highest BCUT2D eigenvalue weighted by atomic mass is 19.3. The van der Waals surface area contributed by atoms with Gasteiger partial charge in [-0.2, -0.15) is 0 Å². The Hall–Kier alpha value is -0.710. The second-order valence-corrected chi connectivity index (χ2v) is 7.01. The number of alkyl halides is 2. The molecular formula is C14H22F2N2O. The van der Waals surface area contributed by atoms with Crippen molar-refractivity contribution in [3.63, 3.8) is 0 Å². The number of rotatable bonds is 3. The molecule has 0 unspecified atom stereocenters. The molecule has 2 atom stereocenters. The van der Waals surface area contributed by atoms with Gasteiger partial charge in [0.1, 0.15) is 0 Å². The van der Waals surface area contributed by atoms with Gasteiger partial charge >= 0.3 is 0 Å². The van der Waals surface area contributed by atoms with Crippen LogP contribution in [0.15, 0.2) is 0 Å². The van der Waals surface area contributed by atoms with Crippen LogP contribution in [0.3, 0.4) is 0 Å². The van der Waals surface area contributed by atoms with Gasteiger partial charge in [0.2, 0.25) is 11.8 Å². The van der Waals surface area contributed by atoms with E-state index in [2.05, 4.69) is 10.6 Å². The number of nitrogens with one attached hydrogen (secondary N) is 2. The summed E-state index contributed by atoms with van der Waals surface area (Å²) in [5.41, 5.74) is -0.682. The molecule has 3 aliphatic rings. The first kappa shape index (κ1) is 13.3. The molecule has 2 N–H and O–H groups in total. The number of hydrogen-bond acceptors (Lipinski definition) is 2.